The predicted molar refractivity (Wildman–Crippen MR) is 109 cm³/mol. The van der Waals surface area contributed by atoms with E-state index in [1.54, 1.807) is 42.5 Å². The summed E-state index contributed by atoms with van der Waals surface area (Å²) in [5, 5.41) is 5.82. The third-order valence-corrected chi connectivity index (χ3v) is 4.64. The van der Waals surface area contributed by atoms with Crippen molar-refractivity contribution in [1.29, 1.82) is 0 Å². The van der Waals surface area contributed by atoms with E-state index in [-0.39, 0.29) is 35.3 Å². The largest absolute Gasteiger partial charge is 0.491 e. The third-order valence-electron chi connectivity index (χ3n) is 4.64. The average Bonchev–Trinajstić information content (AvgIpc) is 2.70. The monoisotopic (exact) mass is 381 g/mol. The van der Waals surface area contributed by atoms with Crippen molar-refractivity contribution < 1.29 is 14.3 Å². The third kappa shape index (κ3) is 5.55. The molecule has 3 rings (SSSR count). The molecule has 0 atom stereocenters. The summed E-state index contributed by atoms with van der Waals surface area (Å²) in [4.78, 5) is 29.2. The Labute approximate surface area is 165 Å². The first kappa shape index (κ1) is 19.9. The highest BCUT2D eigenvalue weighted by Crippen LogP contribution is 2.19. The van der Waals surface area contributed by atoms with Crippen LogP contribution in [0.25, 0.3) is 0 Å². The van der Waals surface area contributed by atoms with E-state index in [0.29, 0.717) is 5.69 Å². The Morgan fingerprint density at radius 2 is 1.61 bits per heavy atom. The molecule has 0 radical (unpaired) electrons. The smallest absolute Gasteiger partial charge is 0.274 e. The zero-order valence-electron chi connectivity index (χ0n) is 16.4. The number of aromatic nitrogens is 1. The van der Waals surface area contributed by atoms with Gasteiger partial charge < -0.3 is 15.4 Å². The van der Waals surface area contributed by atoms with Crippen LogP contribution >= 0.6 is 0 Å². The first-order valence-corrected chi connectivity index (χ1v) is 9.87. The number of hydrogen-bond acceptors (Lipinski definition) is 4. The fourth-order valence-corrected chi connectivity index (χ4v) is 3.28. The normalized spacial score (nSPS) is 14.5. The molecule has 2 aromatic rings. The number of nitrogens with zero attached hydrogens (tertiary/aromatic N) is 1. The lowest BCUT2D eigenvalue weighted by molar-refractivity contribution is 0.0922. The van der Waals surface area contributed by atoms with E-state index in [0.717, 1.165) is 31.4 Å². The molecule has 28 heavy (non-hydrogen) atoms. The number of anilines is 1. The highest BCUT2D eigenvalue weighted by atomic mass is 16.5. The molecule has 1 aliphatic rings. The van der Waals surface area contributed by atoms with Crippen molar-refractivity contribution in [2.75, 3.05) is 5.32 Å². The summed E-state index contributed by atoms with van der Waals surface area (Å²) >= 11 is 0. The van der Waals surface area contributed by atoms with Gasteiger partial charge in [-0.1, -0.05) is 25.3 Å². The van der Waals surface area contributed by atoms with Crippen molar-refractivity contribution in [3.8, 4) is 5.75 Å². The van der Waals surface area contributed by atoms with Crippen molar-refractivity contribution in [1.82, 2.24) is 10.3 Å². The Morgan fingerprint density at radius 1 is 0.964 bits per heavy atom. The van der Waals surface area contributed by atoms with Crippen molar-refractivity contribution >= 4 is 17.5 Å². The highest BCUT2D eigenvalue weighted by molar-refractivity contribution is 6.03. The van der Waals surface area contributed by atoms with E-state index in [2.05, 4.69) is 15.6 Å². The first-order chi connectivity index (χ1) is 13.5. The highest BCUT2D eigenvalue weighted by Gasteiger charge is 2.18. The van der Waals surface area contributed by atoms with Crippen LogP contribution in [0.1, 0.15) is 66.9 Å². The van der Waals surface area contributed by atoms with Crippen LogP contribution < -0.4 is 15.4 Å². The molecule has 0 saturated heterocycles. The zero-order valence-corrected chi connectivity index (χ0v) is 16.4. The predicted octanol–water partition coefficient (Wildman–Crippen LogP) is 4.18. The molecule has 1 saturated carbocycles. The Morgan fingerprint density at radius 3 is 2.25 bits per heavy atom. The maximum absolute atomic E-state index is 12.5. The molecule has 0 bridgehead atoms. The van der Waals surface area contributed by atoms with E-state index in [1.165, 1.54) is 6.42 Å². The summed E-state index contributed by atoms with van der Waals surface area (Å²) in [6.45, 7) is 3.91. The van der Waals surface area contributed by atoms with Crippen LogP contribution in [0.15, 0.2) is 42.5 Å². The minimum Gasteiger partial charge on any atom is -0.491 e. The molecule has 1 aromatic heterocycles. The maximum atomic E-state index is 12.5. The summed E-state index contributed by atoms with van der Waals surface area (Å²) in [6, 6.07) is 12.3. The van der Waals surface area contributed by atoms with Crippen molar-refractivity contribution in [2.24, 2.45) is 0 Å². The van der Waals surface area contributed by atoms with Crippen LogP contribution in [0.5, 0.6) is 5.75 Å². The molecule has 2 amide bonds. The lowest BCUT2D eigenvalue weighted by Crippen LogP contribution is -2.36. The molecule has 1 aromatic carbocycles. The Kier molecular flexibility index (Phi) is 6.63. The number of carbonyl (C=O) groups excluding carboxylic acids is 2. The van der Waals surface area contributed by atoms with E-state index in [9.17, 15) is 9.59 Å². The van der Waals surface area contributed by atoms with Crippen molar-refractivity contribution in [2.45, 2.75) is 58.1 Å². The van der Waals surface area contributed by atoms with Crippen molar-refractivity contribution in [3.05, 3.63) is 53.9 Å². The van der Waals surface area contributed by atoms with Gasteiger partial charge in [-0.3, -0.25) is 9.59 Å². The van der Waals surface area contributed by atoms with Gasteiger partial charge in [-0.15, -0.1) is 0 Å². The molecule has 2 N–H and O–H groups in total. The van der Waals surface area contributed by atoms with Gasteiger partial charge in [0.25, 0.3) is 11.8 Å². The van der Waals surface area contributed by atoms with Gasteiger partial charge in [0.2, 0.25) is 0 Å². The van der Waals surface area contributed by atoms with Gasteiger partial charge in [-0.05, 0) is 63.1 Å². The van der Waals surface area contributed by atoms with Crippen LogP contribution in [-0.4, -0.2) is 28.9 Å². The summed E-state index contributed by atoms with van der Waals surface area (Å²) in [7, 11) is 0. The van der Waals surface area contributed by atoms with Gasteiger partial charge in [0.05, 0.1) is 6.10 Å². The van der Waals surface area contributed by atoms with Gasteiger partial charge in [0.1, 0.15) is 17.1 Å². The van der Waals surface area contributed by atoms with Crippen LogP contribution in [-0.2, 0) is 0 Å². The molecule has 0 unspecified atom stereocenters. The Hall–Kier alpha value is -2.89. The van der Waals surface area contributed by atoms with E-state index >= 15 is 0 Å². The van der Waals surface area contributed by atoms with Gasteiger partial charge in [0, 0.05) is 11.7 Å². The molecule has 0 aliphatic heterocycles. The molecule has 1 aliphatic carbocycles. The Bertz CT molecular complexity index is 812. The molecular weight excluding hydrogens is 354 g/mol. The molecule has 1 fully saturated rings. The molecule has 6 nitrogen and oxygen atoms in total. The van der Waals surface area contributed by atoms with Gasteiger partial charge in [0.15, 0.2) is 0 Å². The van der Waals surface area contributed by atoms with Crippen LogP contribution in [0.4, 0.5) is 5.69 Å². The van der Waals surface area contributed by atoms with Gasteiger partial charge in [-0.25, -0.2) is 4.98 Å². The summed E-state index contributed by atoms with van der Waals surface area (Å²) < 4.78 is 5.59. The number of rotatable bonds is 6. The Balaban J connectivity index is 1.62. The summed E-state index contributed by atoms with van der Waals surface area (Å²) in [5.41, 5.74) is 1.11. The van der Waals surface area contributed by atoms with E-state index < -0.39 is 0 Å². The molecule has 1 heterocycles. The number of carbonyl (C=O) groups is 2. The van der Waals surface area contributed by atoms with Crippen LogP contribution in [0.3, 0.4) is 0 Å². The van der Waals surface area contributed by atoms with Crippen LogP contribution in [0.2, 0.25) is 0 Å². The fraction of sp³-hybridized carbons (Fsp3) is 0.409. The SMILES string of the molecule is CC(C)Oc1ccc(NC(=O)c2cccc(C(=O)NC3CCCCC3)n2)cc1. The van der Waals surface area contributed by atoms with E-state index in [1.807, 2.05) is 13.8 Å². The van der Waals surface area contributed by atoms with Gasteiger partial charge in [-0.2, -0.15) is 0 Å². The minimum absolute atomic E-state index is 0.0899. The summed E-state index contributed by atoms with van der Waals surface area (Å²) in [5.74, 6) is 0.161. The second-order valence-electron chi connectivity index (χ2n) is 7.36. The topological polar surface area (TPSA) is 80.3 Å². The van der Waals surface area contributed by atoms with Crippen LogP contribution in [0, 0.1) is 0 Å². The minimum atomic E-state index is -0.357. The fourth-order valence-electron chi connectivity index (χ4n) is 3.28. The first-order valence-electron chi connectivity index (χ1n) is 9.87. The number of pyridine rings is 1. The van der Waals surface area contributed by atoms with E-state index in [4.69, 9.17) is 4.74 Å². The second-order valence-corrected chi connectivity index (χ2v) is 7.36. The average molecular weight is 381 g/mol. The maximum Gasteiger partial charge on any atom is 0.274 e. The molecular formula is C22H27N3O3. The number of hydrogen-bond donors (Lipinski definition) is 2. The standard InChI is InChI=1S/C22H27N3O3/c1-15(2)28-18-13-11-17(12-14-18)24-22(27)20-10-6-9-19(25-20)21(26)23-16-7-4-3-5-8-16/h6,9-16H,3-5,7-8H2,1-2H3,(H,23,26)(H,24,27). The zero-order chi connectivity index (χ0) is 19.9. The molecule has 0 spiro atoms. The lowest BCUT2D eigenvalue weighted by Gasteiger charge is -2.22. The number of ether oxygens (including phenoxy) is 1. The number of benzene rings is 1. The number of amides is 2. The quantitative estimate of drug-likeness (QED) is 0.786. The molecule has 148 valence electrons. The molecule has 6 heteroatoms. The lowest BCUT2D eigenvalue weighted by atomic mass is 9.95. The second kappa shape index (κ2) is 9.35. The summed E-state index contributed by atoms with van der Waals surface area (Å²) in [6.07, 6.45) is 5.60. The van der Waals surface area contributed by atoms with Crippen molar-refractivity contribution in [3.63, 3.8) is 0 Å². The number of nitrogens with one attached hydrogen (secondary N) is 2. The van der Waals surface area contributed by atoms with Gasteiger partial charge >= 0.3 is 0 Å².